The normalized spacial score (nSPS) is 16.6. The Morgan fingerprint density at radius 2 is 1.80 bits per heavy atom. The van der Waals surface area contributed by atoms with Gasteiger partial charge in [0.25, 0.3) is 6.23 Å². The number of amides is 1. The van der Waals surface area contributed by atoms with Crippen LogP contribution in [0.4, 0.5) is 18.9 Å². The van der Waals surface area contributed by atoms with Gasteiger partial charge in [-0.25, -0.2) is 0 Å². The fourth-order valence-electron chi connectivity index (χ4n) is 2.26. The van der Waals surface area contributed by atoms with E-state index in [1.165, 1.54) is 0 Å². The molecular formula is C17H14F3N3O2. The van der Waals surface area contributed by atoms with Gasteiger partial charge in [0.05, 0.1) is 6.42 Å². The number of carbonyl (C=O) groups is 1. The molecule has 0 bridgehead atoms. The smallest absolute Gasteiger partial charge is 0.359 e. The number of rotatable bonds is 4. The van der Waals surface area contributed by atoms with Gasteiger partial charge in [-0.1, -0.05) is 35.5 Å². The first kappa shape index (κ1) is 16.8. The minimum Gasteiger partial charge on any atom is -0.359 e. The first-order valence-electron chi connectivity index (χ1n) is 7.43. The molecule has 1 unspecified atom stereocenters. The summed E-state index contributed by atoms with van der Waals surface area (Å²) in [5.74, 6) is -0.194. The Labute approximate surface area is 141 Å². The van der Waals surface area contributed by atoms with Crippen LogP contribution in [0.25, 0.3) is 0 Å². The minimum absolute atomic E-state index is 0.00973. The van der Waals surface area contributed by atoms with E-state index in [1.807, 2.05) is 30.3 Å². The first-order chi connectivity index (χ1) is 11.9. The van der Waals surface area contributed by atoms with Gasteiger partial charge in [-0.15, -0.1) is 0 Å². The average Bonchev–Trinajstić information content (AvgIpc) is 3.07. The van der Waals surface area contributed by atoms with Crippen molar-refractivity contribution in [3.05, 3.63) is 65.7 Å². The van der Waals surface area contributed by atoms with Gasteiger partial charge in [-0.2, -0.15) is 13.2 Å². The van der Waals surface area contributed by atoms with Crippen molar-refractivity contribution < 1.29 is 22.8 Å². The molecule has 1 amide bonds. The van der Waals surface area contributed by atoms with Crippen molar-refractivity contribution in [3.8, 4) is 0 Å². The van der Waals surface area contributed by atoms with E-state index in [0.29, 0.717) is 11.3 Å². The summed E-state index contributed by atoms with van der Waals surface area (Å²) in [5.41, 5.74) is 1.85. The molecule has 0 aromatic heterocycles. The fraction of sp³-hybridized carbons (Fsp3) is 0.176. The van der Waals surface area contributed by atoms with Crippen LogP contribution >= 0.6 is 0 Å². The molecule has 1 aliphatic heterocycles. The minimum atomic E-state index is -4.55. The molecule has 1 heterocycles. The van der Waals surface area contributed by atoms with Crippen LogP contribution in [0.5, 0.6) is 0 Å². The number of nitrogens with one attached hydrogen (secondary N) is 2. The number of carbonyl (C=O) groups excluding carboxylic acids is 1. The second-order valence-corrected chi connectivity index (χ2v) is 5.40. The van der Waals surface area contributed by atoms with E-state index in [9.17, 15) is 18.0 Å². The first-order valence-corrected chi connectivity index (χ1v) is 7.43. The molecule has 0 aliphatic carbocycles. The molecule has 5 nitrogen and oxygen atoms in total. The molecule has 2 N–H and O–H groups in total. The lowest BCUT2D eigenvalue weighted by Gasteiger charge is -2.13. The largest absolute Gasteiger partial charge is 0.448 e. The predicted octanol–water partition coefficient (Wildman–Crippen LogP) is 3.04. The number of hydrogen-bond donors (Lipinski definition) is 2. The molecule has 1 aliphatic rings. The number of halogens is 3. The van der Waals surface area contributed by atoms with Crippen molar-refractivity contribution in [1.82, 2.24) is 5.32 Å². The van der Waals surface area contributed by atoms with E-state index < -0.39 is 12.4 Å². The Hall–Kier alpha value is -3.03. The van der Waals surface area contributed by atoms with E-state index in [0.717, 1.165) is 5.56 Å². The molecule has 0 radical (unpaired) electrons. The monoisotopic (exact) mass is 349 g/mol. The topological polar surface area (TPSA) is 62.7 Å². The highest BCUT2D eigenvalue weighted by atomic mass is 19.4. The zero-order chi connectivity index (χ0) is 17.9. The standard InChI is InChI=1S/C17H14F3N3O2/c18-17(19,20)16-22-15(23-25-16)12-6-8-13(9-7-12)21-14(24)10-11-4-2-1-3-5-11/h1-9,16H,10H2,(H,21,24)(H,22,23). The Morgan fingerprint density at radius 3 is 2.40 bits per heavy atom. The van der Waals surface area contributed by atoms with Crippen LogP contribution < -0.4 is 10.6 Å². The zero-order valence-corrected chi connectivity index (χ0v) is 12.9. The van der Waals surface area contributed by atoms with Crippen LogP contribution in [-0.4, -0.2) is 24.1 Å². The second-order valence-electron chi connectivity index (χ2n) is 5.40. The van der Waals surface area contributed by atoms with E-state index in [2.05, 4.69) is 20.6 Å². The molecule has 130 valence electrons. The van der Waals surface area contributed by atoms with Crippen LogP contribution in [0.3, 0.4) is 0 Å². The molecular weight excluding hydrogens is 335 g/mol. The molecule has 0 saturated carbocycles. The van der Waals surface area contributed by atoms with E-state index >= 15 is 0 Å². The van der Waals surface area contributed by atoms with Gasteiger partial charge >= 0.3 is 6.18 Å². The number of hydrogen-bond acceptors (Lipinski definition) is 4. The molecule has 2 aromatic carbocycles. The summed E-state index contributed by atoms with van der Waals surface area (Å²) < 4.78 is 37.6. The van der Waals surface area contributed by atoms with Crippen LogP contribution in [0.2, 0.25) is 0 Å². The van der Waals surface area contributed by atoms with Gasteiger partial charge in [0.2, 0.25) is 5.91 Å². The van der Waals surface area contributed by atoms with Gasteiger partial charge in [-0.3, -0.25) is 4.79 Å². The van der Waals surface area contributed by atoms with E-state index in [1.54, 1.807) is 24.3 Å². The number of nitrogens with zero attached hydrogens (tertiary/aromatic N) is 1. The maximum Gasteiger partial charge on any atom is 0.448 e. The van der Waals surface area contributed by atoms with Crippen molar-refractivity contribution in [2.24, 2.45) is 5.16 Å². The molecule has 25 heavy (non-hydrogen) atoms. The number of amidine groups is 1. The van der Waals surface area contributed by atoms with Crippen molar-refractivity contribution in [3.63, 3.8) is 0 Å². The Bertz CT molecular complexity index is 774. The molecule has 3 rings (SSSR count). The summed E-state index contributed by atoms with van der Waals surface area (Å²) in [5, 5.41) is 8.28. The molecule has 0 saturated heterocycles. The molecule has 0 spiro atoms. The van der Waals surface area contributed by atoms with Crippen molar-refractivity contribution in [2.75, 3.05) is 5.32 Å². The van der Waals surface area contributed by atoms with Gasteiger partial charge in [0.15, 0.2) is 5.84 Å². The molecule has 2 aromatic rings. The highest BCUT2D eigenvalue weighted by Crippen LogP contribution is 2.24. The number of oxime groups is 1. The fourth-order valence-corrected chi connectivity index (χ4v) is 2.26. The average molecular weight is 349 g/mol. The Kier molecular flexibility index (Phi) is 4.60. The number of anilines is 1. The summed E-state index contributed by atoms with van der Waals surface area (Å²) >= 11 is 0. The van der Waals surface area contributed by atoms with Crippen LogP contribution in [0.1, 0.15) is 11.1 Å². The summed E-state index contributed by atoms with van der Waals surface area (Å²) in [6.45, 7) is 0. The Balaban J connectivity index is 1.59. The highest BCUT2D eigenvalue weighted by Gasteiger charge is 2.45. The summed E-state index contributed by atoms with van der Waals surface area (Å²) in [6, 6.07) is 15.5. The number of alkyl halides is 3. The third kappa shape index (κ3) is 4.28. The lowest BCUT2D eigenvalue weighted by molar-refractivity contribution is -0.218. The summed E-state index contributed by atoms with van der Waals surface area (Å²) in [6.07, 6.45) is -6.46. The maximum atomic E-state index is 12.5. The summed E-state index contributed by atoms with van der Waals surface area (Å²) in [4.78, 5) is 16.3. The van der Waals surface area contributed by atoms with Gasteiger partial charge in [0.1, 0.15) is 0 Å². The van der Waals surface area contributed by atoms with Gasteiger partial charge in [0, 0.05) is 11.3 Å². The molecule has 1 atom stereocenters. The zero-order valence-electron chi connectivity index (χ0n) is 12.9. The third-order valence-electron chi connectivity index (χ3n) is 3.46. The third-order valence-corrected chi connectivity index (χ3v) is 3.46. The molecule has 0 fully saturated rings. The van der Waals surface area contributed by atoms with Crippen molar-refractivity contribution in [2.45, 2.75) is 18.8 Å². The van der Waals surface area contributed by atoms with Crippen LogP contribution in [-0.2, 0) is 16.1 Å². The Morgan fingerprint density at radius 1 is 1.12 bits per heavy atom. The SMILES string of the molecule is O=C(Cc1ccccc1)Nc1ccc(C2=NOC(C(F)(F)F)N2)cc1. The van der Waals surface area contributed by atoms with Crippen molar-refractivity contribution >= 4 is 17.4 Å². The van der Waals surface area contributed by atoms with E-state index in [-0.39, 0.29) is 18.2 Å². The van der Waals surface area contributed by atoms with Crippen LogP contribution in [0.15, 0.2) is 59.8 Å². The van der Waals surface area contributed by atoms with Gasteiger partial charge in [-0.05, 0) is 29.8 Å². The maximum absolute atomic E-state index is 12.5. The molecule has 8 heteroatoms. The second kappa shape index (κ2) is 6.84. The lowest BCUT2D eigenvalue weighted by Crippen LogP contribution is -2.41. The van der Waals surface area contributed by atoms with E-state index in [4.69, 9.17) is 0 Å². The van der Waals surface area contributed by atoms with Gasteiger partial charge < -0.3 is 15.5 Å². The summed E-state index contributed by atoms with van der Waals surface area (Å²) in [7, 11) is 0. The van der Waals surface area contributed by atoms with Crippen LogP contribution in [0, 0.1) is 0 Å². The quantitative estimate of drug-likeness (QED) is 0.892. The lowest BCUT2D eigenvalue weighted by atomic mass is 10.1. The number of benzene rings is 2. The predicted molar refractivity (Wildman–Crippen MR) is 85.8 cm³/mol. The van der Waals surface area contributed by atoms with Crippen molar-refractivity contribution in [1.29, 1.82) is 0 Å². The highest BCUT2D eigenvalue weighted by molar-refractivity contribution is 6.00.